The van der Waals surface area contributed by atoms with Crippen molar-refractivity contribution in [2.45, 2.75) is 0 Å². The second-order valence-electron chi connectivity index (χ2n) is 7.46. The predicted octanol–water partition coefficient (Wildman–Crippen LogP) is 6.97. The number of ketones is 2. The van der Waals surface area contributed by atoms with Gasteiger partial charge in [-0.05, 0) is 85.5 Å². The smallest absolute Gasteiger partial charge is 0.188 e. The van der Waals surface area contributed by atoms with Crippen molar-refractivity contribution in [3.63, 3.8) is 0 Å². The highest BCUT2D eigenvalue weighted by Gasteiger charge is 2.08. The molecule has 3 rings (SSSR count). The van der Waals surface area contributed by atoms with Gasteiger partial charge < -0.3 is 18.9 Å². The zero-order valence-corrected chi connectivity index (χ0v) is 22.9. The second kappa shape index (κ2) is 13.9. The van der Waals surface area contributed by atoms with Gasteiger partial charge in [-0.15, -0.1) is 0 Å². The number of benzene rings is 3. The molecular formula is C28H24Br2O6. The minimum atomic E-state index is -0.208. The molecule has 6 nitrogen and oxygen atoms in total. The number of hydrogen-bond acceptors (Lipinski definition) is 6. The number of allylic oxidation sites excluding steroid dienone is 2. The number of carbonyl (C=O) groups excluding carboxylic acids is 2. The summed E-state index contributed by atoms with van der Waals surface area (Å²) in [5, 5.41) is 0. The molecule has 8 heteroatoms. The molecule has 0 heterocycles. The maximum Gasteiger partial charge on any atom is 0.188 e. The molecule has 0 saturated heterocycles. The van der Waals surface area contributed by atoms with Crippen LogP contribution in [0.2, 0.25) is 0 Å². The van der Waals surface area contributed by atoms with E-state index < -0.39 is 0 Å². The quantitative estimate of drug-likeness (QED) is 0.124. The standard InChI is InChI=1S/C28H24Br2O6/c1-33-17-35-27-12-8-19(14-23(27)29)6-10-25(31)21-4-3-5-22(16-21)26(32)11-7-20-9-13-28(24(30)15-20)36-18-34-2/h3-16H,17-18H2,1-2H3/b10-6+,11-7+. The molecule has 0 amide bonds. The fraction of sp³-hybridized carbons (Fsp3) is 0.143. The van der Waals surface area contributed by atoms with Gasteiger partial charge in [0.25, 0.3) is 0 Å². The van der Waals surface area contributed by atoms with Crippen LogP contribution in [0.3, 0.4) is 0 Å². The summed E-state index contributed by atoms with van der Waals surface area (Å²) in [6.45, 7) is 0.286. The van der Waals surface area contributed by atoms with Gasteiger partial charge >= 0.3 is 0 Å². The van der Waals surface area contributed by atoms with Gasteiger partial charge in [0.15, 0.2) is 25.2 Å². The zero-order chi connectivity index (χ0) is 25.9. The van der Waals surface area contributed by atoms with Crippen molar-refractivity contribution < 1.29 is 28.5 Å². The summed E-state index contributed by atoms with van der Waals surface area (Å²) < 4.78 is 22.2. The molecular weight excluding hydrogens is 592 g/mol. The van der Waals surface area contributed by atoms with E-state index >= 15 is 0 Å². The van der Waals surface area contributed by atoms with Crippen molar-refractivity contribution in [2.24, 2.45) is 0 Å². The topological polar surface area (TPSA) is 71.1 Å². The lowest BCUT2D eigenvalue weighted by atomic mass is 10.0. The Labute approximate surface area is 226 Å². The average Bonchev–Trinajstić information content (AvgIpc) is 2.89. The lowest BCUT2D eigenvalue weighted by Crippen LogP contribution is -2.00. The molecule has 0 atom stereocenters. The molecule has 0 aliphatic heterocycles. The van der Waals surface area contributed by atoms with Crippen LogP contribution in [0.5, 0.6) is 11.5 Å². The summed E-state index contributed by atoms with van der Waals surface area (Å²) in [6.07, 6.45) is 6.36. The Hall–Kier alpha value is -3.04. The molecule has 0 spiro atoms. The van der Waals surface area contributed by atoms with Crippen molar-refractivity contribution in [3.8, 4) is 11.5 Å². The summed E-state index contributed by atoms with van der Waals surface area (Å²) in [5.74, 6) is 0.865. The van der Waals surface area contributed by atoms with Crippen LogP contribution in [0.1, 0.15) is 31.8 Å². The Morgan fingerprint density at radius 3 is 1.53 bits per heavy atom. The normalized spacial score (nSPS) is 11.2. The first-order valence-electron chi connectivity index (χ1n) is 10.8. The van der Waals surface area contributed by atoms with Gasteiger partial charge in [0.05, 0.1) is 8.95 Å². The number of hydrogen-bond donors (Lipinski definition) is 0. The number of carbonyl (C=O) groups is 2. The van der Waals surface area contributed by atoms with Gasteiger partial charge in [-0.25, -0.2) is 0 Å². The number of rotatable bonds is 12. The molecule has 0 N–H and O–H groups in total. The number of methoxy groups -OCH3 is 2. The van der Waals surface area contributed by atoms with Gasteiger partial charge in [-0.1, -0.05) is 42.5 Å². The van der Waals surface area contributed by atoms with Gasteiger partial charge in [0.2, 0.25) is 0 Å². The molecule has 0 unspecified atom stereocenters. The van der Waals surface area contributed by atoms with Crippen LogP contribution < -0.4 is 9.47 Å². The molecule has 0 fully saturated rings. The summed E-state index contributed by atoms with van der Waals surface area (Å²) in [4.78, 5) is 25.4. The first-order valence-corrected chi connectivity index (χ1v) is 12.4. The molecule has 0 aromatic heterocycles. The molecule has 3 aromatic rings. The highest BCUT2D eigenvalue weighted by atomic mass is 79.9. The SMILES string of the molecule is COCOc1ccc(/C=C/C(=O)c2cccc(C(=O)/C=C/c3ccc(OCOC)c(Br)c3)c2)cc1Br. The first kappa shape index (κ1) is 27.5. The third-order valence-corrected chi connectivity index (χ3v) is 6.10. The minimum Gasteiger partial charge on any atom is -0.466 e. The van der Waals surface area contributed by atoms with Crippen molar-refractivity contribution >= 4 is 55.6 Å². The average molecular weight is 616 g/mol. The van der Waals surface area contributed by atoms with Crippen LogP contribution in [-0.4, -0.2) is 39.4 Å². The van der Waals surface area contributed by atoms with Gasteiger partial charge in [0, 0.05) is 25.3 Å². The molecule has 0 saturated carbocycles. The van der Waals surface area contributed by atoms with E-state index in [0.717, 1.165) is 20.1 Å². The molecule has 36 heavy (non-hydrogen) atoms. The monoisotopic (exact) mass is 614 g/mol. The van der Waals surface area contributed by atoms with Gasteiger partial charge in [-0.3, -0.25) is 9.59 Å². The van der Waals surface area contributed by atoms with E-state index in [1.165, 1.54) is 12.2 Å². The van der Waals surface area contributed by atoms with Crippen molar-refractivity contribution in [1.29, 1.82) is 0 Å². The maximum absolute atomic E-state index is 12.7. The summed E-state index contributed by atoms with van der Waals surface area (Å²) >= 11 is 6.89. The first-order chi connectivity index (χ1) is 17.4. The van der Waals surface area contributed by atoms with Crippen LogP contribution in [0.15, 0.2) is 81.8 Å². The fourth-order valence-electron chi connectivity index (χ4n) is 3.08. The van der Waals surface area contributed by atoms with Crippen molar-refractivity contribution in [2.75, 3.05) is 27.8 Å². The van der Waals surface area contributed by atoms with Crippen LogP contribution in [0, 0.1) is 0 Å². The highest BCUT2D eigenvalue weighted by Crippen LogP contribution is 2.27. The van der Waals surface area contributed by atoms with E-state index in [2.05, 4.69) is 31.9 Å². The van der Waals surface area contributed by atoms with Crippen molar-refractivity contribution in [3.05, 3.63) is 104 Å². The summed E-state index contributed by atoms with van der Waals surface area (Å²) in [5.41, 5.74) is 2.49. The summed E-state index contributed by atoms with van der Waals surface area (Å²) in [7, 11) is 3.10. The van der Waals surface area contributed by atoms with E-state index in [-0.39, 0.29) is 25.2 Å². The maximum atomic E-state index is 12.7. The van der Waals surface area contributed by atoms with Crippen LogP contribution in [-0.2, 0) is 9.47 Å². The fourth-order valence-corrected chi connectivity index (χ4v) is 4.10. The van der Waals surface area contributed by atoms with Crippen LogP contribution in [0.25, 0.3) is 12.2 Å². The Kier molecular flexibility index (Phi) is 10.6. The predicted molar refractivity (Wildman–Crippen MR) is 146 cm³/mol. The van der Waals surface area contributed by atoms with E-state index in [4.69, 9.17) is 18.9 Å². The van der Waals surface area contributed by atoms with Gasteiger partial charge in [0.1, 0.15) is 11.5 Å². The molecule has 0 radical (unpaired) electrons. The van der Waals surface area contributed by atoms with Crippen molar-refractivity contribution in [1.82, 2.24) is 0 Å². The molecule has 0 aliphatic carbocycles. The third-order valence-electron chi connectivity index (χ3n) is 4.86. The van der Waals surface area contributed by atoms with E-state index in [1.807, 2.05) is 24.3 Å². The molecule has 0 bridgehead atoms. The highest BCUT2D eigenvalue weighted by molar-refractivity contribution is 9.10. The molecule has 3 aromatic carbocycles. The van der Waals surface area contributed by atoms with E-state index in [1.54, 1.807) is 62.8 Å². The largest absolute Gasteiger partial charge is 0.466 e. The Morgan fingerprint density at radius 1 is 0.694 bits per heavy atom. The van der Waals surface area contributed by atoms with Crippen LogP contribution in [0.4, 0.5) is 0 Å². The Bertz CT molecular complexity index is 1190. The number of ether oxygens (including phenoxy) is 4. The summed E-state index contributed by atoms with van der Waals surface area (Å²) in [6, 6.07) is 17.6. The lowest BCUT2D eigenvalue weighted by molar-refractivity contribution is 0.0504. The van der Waals surface area contributed by atoms with E-state index in [9.17, 15) is 9.59 Å². The van der Waals surface area contributed by atoms with E-state index in [0.29, 0.717) is 22.6 Å². The lowest BCUT2D eigenvalue weighted by Gasteiger charge is -2.07. The van der Waals surface area contributed by atoms with Gasteiger partial charge in [-0.2, -0.15) is 0 Å². The molecule has 186 valence electrons. The van der Waals surface area contributed by atoms with Crippen LogP contribution >= 0.6 is 31.9 Å². The Morgan fingerprint density at radius 2 is 1.14 bits per heavy atom. The minimum absolute atomic E-state index is 0.143. The number of halogens is 2. The molecule has 0 aliphatic rings. The third kappa shape index (κ3) is 7.99. The Balaban J connectivity index is 1.67. The second-order valence-corrected chi connectivity index (χ2v) is 9.17. The zero-order valence-electron chi connectivity index (χ0n) is 19.7.